The molecular weight excluding hydrogens is 486 g/mol. The van der Waals surface area contributed by atoms with Crippen LogP contribution in [0.1, 0.15) is 22.8 Å². The maximum Gasteiger partial charge on any atom is 0.251 e. The summed E-state index contributed by atoms with van der Waals surface area (Å²) in [5.74, 6) is 0.989. The molecule has 176 valence electrons. The van der Waals surface area contributed by atoms with E-state index in [0.29, 0.717) is 23.8 Å². The van der Waals surface area contributed by atoms with Crippen LogP contribution in [0.15, 0.2) is 64.0 Å². The van der Waals surface area contributed by atoms with E-state index in [4.69, 9.17) is 0 Å². The number of hydrogen-bond donors (Lipinski definition) is 2. The van der Waals surface area contributed by atoms with E-state index in [2.05, 4.69) is 44.5 Å². The number of rotatable bonds is 10. The lowest BCUT2D eigenvalue weighted by molar-refractivity contribution is -0.113. The van der Waals surface area contributed by atoms with Gasteiger partial charge in [0.15, 0.2) is 4.34 Å². The molecule has 2 amide bonds. The molecule has 0 unspecified atom stereocenters. The minimum Gasteiger partial charge on any atom is -0.350 e. The zero-order valence-corrected chi connectivity index (χ0v) is 21.4. The summed E-state index contributed by atoms with van der Waals surface area (Å²) in [6.07, 6.45) is 2.04. The fourth-order valence-corrected chi connectivity index (χ4v) is 5.90. The zero-order valence-electron chi connectivity index (χ0n) is 18.9. The van der Waals surface area contributed by atoms with Gasteiger partial charge in [-0.2, -0.15) is 0 Å². The minimum absolute atomic E-state index is 0.0834. The van der Waals surface area contributed by atoms with E-state index in [9.17, 15) is 9.59 Å². The standard InChI is InChI=1S/C24H25N5O2S3/c1-3-32-24-28-27-23(34-24)26-21(30)15-33-20-14-29(19-7-5-4-6-18(19)20)13-12-25-22(31)17-10-8-16(2)9-11-17/h4-11,14H,3,12-13,15H2,1-2H3,(H,25,31)(H,26,27,30). The first-order valence-electron chi connectivity index (χ1n) is 10.8. The summed E-state index contributed by atoms with van der Waals surface area (Å²) >= 11 is 4.47. The normalized spacial score (nSPS) is 11.0. The first kappa shape index (κ1) is 24.3. The Labute approximate surface area is 210 Å². The topological polar surface area (TPSA) is 88.9 Å². The van der Waals surface area contributed by atoms with Crippen LogP contribution in [0, 0.1) is 6.92 Å². The van der Waals surface area contributed by atoms with Crippen molar-refractivity contribution >= 4 is 62.7 Å². The molecule has 7 nitrogen and oxygen atoms in total. The molecule has 0 spiro atoms. The number of thioether (sulfide) groups is 2. The van der Waals surface area contributed by atoms with Gasteiger partial charge in [0.05, 0.1) is 5.75 Å². The number of carbonyl (C=O) groups excluding carboxylic acids is 2. The quantitative estimate of drug-likeness (QED) is 0.228. The number of nitrogens with zero attached hydrogens (tertiary/aromatic N) is 3. The van der Waals surface area contributed by atoms with Crippen LogP contribution in [0.2, 0.25) is 0 Å². The molecule has 0 aliphatic rings. The van der Waals surface area contributed by atoms with Gasteiger partial charge in [0, 0.05) is 40.6 Å². The Bertz CT molecular complexity index is 1280. The van der Waals surface area contributed by atoms with Crippen LogP contribution >= 0.6 is 34.9 Å². The van der Waals surface area contributed by atoms with Crippen LogP contribution in [0.4, 0.5) is 5.13 Å². The molecule has 4 aromatic rings. The summed E-state index contributed by atoms with van der Waals surface area (Å²) in [6.45, 7) is 5.19. The molecule has 0 fully saturated rings. The van der Waals surface area contributed by atoms with Crippen molar-refractivity contribution in [3.8, 4) is 0 Å². The minimum atomic E-state index is -0.114. The third-order valence-electron chi connectivity index (χ3n) is 4.98. The molecule has 4 rings (SSSR count). The van der Waals surface area contributed by atoms with Crippen molar-refractivity contribution in [3.63, 3.8) is 0 Å². The number of benzene rings is 2. The molecule has 0 bridgehead atoms. The molecule has 0 saturated carbocycles. The molecule has 0 radical (unpaired) electrons. The molecule has 2 heterocycles. The van der Waals surface area contributed by atoms with Crippen LogP contribution in [0.3, 0.4) is 0 Å². The Hall–Kier alpha value is -2.82. The first-order valence-corrected chi connectivity index (χ1v) is 13.6. The number of hydrogen-bond acceptors (Lipinski definition) is 7. The first-order chi connectivity index (χ1) is 16.5. The summed E-state index contributed by atoms with van der Waals surface area (Å²) < 4.78 is 2.97. The highest BCUT2D eigenvalue weighted by Crippen LogP contribution is 2.30. The van der Waals surface area contributed by atoms with Crippen molar-refractivity contribution in [1.82, 2.24) is 20.1 Å². The average Bonchev–Trinajstić information content (AvgIpc) is 3.42. The second-order valence-corrected chi connectivity index (χ2v) is 11.0. The predicted octanol–water partition coefficient (Wildman–Crippen LogP) is 5.07. The van der Waals surface area contributed by atoms with E-state index in [0.717, 1.165) is 31.5 Å². The van der Waals surface area contributed by atoms with Crippen LogP contribution in [-0.4, -0.2) is 44.6 Å². The van der Waals surface area contributed by atoms with Gasteiger partial charge in [-0.15, -0.1) is 22.0 Å². The van der Waals surface area contributed by atoms with Crippen molar-refractivity contribution in [1.29, 1.82) is 0 Å². The van der Waals surface area contributed by atoms with Gasteiger partial charge in [-0.3, -0.25) is 14.9 Å². The average molecular weight is 512 g/mol. The maximum atomic E-state index is 12.4. The maximum absolute atomic E-state index is 12.4. The van der Waals surface area contributed by atoms with Crippen molar-refractivity contribution in [3.05, 3.63) is 65.9 Å². The highest BCUT2D eigenvalue weighted by atomic mass is 32.2. The number of aryl methyl sites for hydroxylation is 1. The van der Waals surface area contributed by atoms with Gasteiger partial charge in [-0.25, -0.2) is 0 Å². The van der Waals surface area contributed by atoms with E-state index in [1.54, 1.807) is 11.8 Å². The van der Waals surface area contributed by atoms with E-state index in [1.807, 2.05) is 49.5 Å². The Morgan fingerprint density at radius 3 is 2.65 bits per heavy atom. The lowest BCUT2D eigenvalue weighted by atomic mass is 10.1. The fourth-order valence-electron chi connectivity index (χ4n) is 3.35. The van der Waals surface area contributed by atoms with Crippen LogP contribution in [-0.2, 0) is 11.3 Å². The van der Waals surface area contributed by atoms with E-state index in [1.165, 1.54) is 23.1 Å². The van der Waals surface area contributed by atoms with Gasteiger partial charge in [0.1, 0.15) is 0 Å². The van der Waals surface area contributed by atoms with Gasteiger partial charge < -0.3 is 9.88 Å². The molecule has 0 aliphatic carbocycles. The zero-order chi connectivity index (χ0) is 23.9. The lowest BCUT2D eigenvalue weighted by Crippen LogP contribution is -2.27. The van der Waals surface area contributed by atoms with Gasteiger partial charge in [-0.1, -0.05) is 65.9 Å². The molecule has 2 aromatic heterocycles. The SMILES string of the molecule is CCSc1nnc(NC(=O)CSc2cn(CCNC(=O)c3ccc(C)cc3)c3ccccc23)s1. The number of fused-ring (bicyclic) bond motifs is 1. The smallest absolute Gasteiger partial charge is 0.251 e. The second kappa shape index (κ2) is 11.5. The summed E-state index contributed by atoms with van der Waals surface area (Å²) in [5.41, 5.74) is 2.85. The predicted molar refractivity (Wildman–Crippen MR) is 141 cm³/mol. The van der Waals surface area contributed by atoms with Gasteiger partial charge in [-0.05, 0) is 30.9 Å². The van der Waals surface area contributed by atoms with Crippen molar-refractivity contribution < 1.29 is 9.59 Å². The largest absolute Gasteiger partial charge is 0.350 e. The highest BCUT2D eigenvalue weighted by Gasteiger charge is 2.13. The molecule has 0 atom stereocenters. The molecule has 10 heteroatoms. The van der Waals surface area contributed by atoms with E-state index >= 15 is 0 Å². The monoisotopic (exact) mass is 511 g/mol. The number of aromatic nitrogens is 3. The molecule has 34 heavy (non-hydrogen) atoms. The van der Waals surface area contributed by atoms with Crippen LogP contribution in [0.25, 0.3) is 10.9 Å². The summed E-state index contributed by atoms with van der Waals surface area (Å²) in [5, 5.41) is 15.5. The Kier molecular flexibility index (Phi) is 8.25. The van der Waals surface area contributed by atoms with Crippen molar-refractivity contribution in [2.45, 2.75) is 29.6 Å². The van der Waals surface area contributed by atoms with E-state index in [-0.39, 0.29) is 17.6 Å². The Morgan fingerprint density at radius 1 is 1.06 bits per heavy atom. The molecule has 0 saturated heterocycles. The van der Waals surface area contributed by atoms with Crippen LogP contribution < -0.4 is 10.6 Å². The fraction of sp³-hybridized carbons (Fsp3) is 0.250. The molecular formula is C24H25N5O2S3. The number of nitrogens with one attached hydrogen (secondary N) is 2. The lowest BCUT2D eigenvalue weighted by Gasteiger charge is -2.08. The van der Waals surface area contributed by atoms with Crippen molar-refractivity contribution in [2.75, 3.05) is 23.4 Å². The second-order valence-electron chi connectivity index (χ2n) is 7.47. The number of para-hydroxylation sites is 1. The number of anilines is 1. The number of amides is 2. The van der Waals surface area contributed by atoms with Gasteiger partial charge >= 0.3 is 0 Å². The molecule has 2 aromatic carbocycles. The Morgan fingerprint density at radius 2 is 1.85 bits per heavy atom. The highest BCUT2D eigenvalue weighted by molar-refractivity contribution is 8.01. The third-order valence-corrected chi connectivity index (χ3v) is 7.88. The van der Waals surface area contributed by atoms with Gasteiger partial charge in [0.2, 0.25) is 11.0 Å². The van der Waals surface area contributed by atoms with Crippen molar-refractivity contribution in [2.24, 2.45) is 0 Å². The summed E-state index contributed by atoms with van der Waals surface area (Å²) in [6, 6.07) is 15.6. The summed E-state index contributed by atoms with van der Waals surface area (Å²) in [7, 11) is 0. The molecule has 0 aliphatic heterocycles. The van der Waals surface area contributed by atoms with E-state index < -0.39 is 0 Å². The molecule has 2 N–H and O–H groups in total. The Balaban J connectivity index is 1.35. The van der Waals surface area contributed by atoms with Gasteiger partial charge in [0.25, 0.3) is 5.91 Å². The van der Waals surface area contributed by atoms with Crippen LogP contribution in [0.5, 0.6) is 0 Å². The third kappa shape index (κ3) is 6.19. The summed E-state index contributed by atoms with van der Waals surface area (Å²) in [4.78, 5) is 25.9. The number of carbonyl (C=O) groups is 2.